The van der Waals surface area contributed by atoms with Crippen LogP contribution in [0.25, 0.3) is 10.9 Å². The Labute approximate surface area is 207 Å². The van der Waals surface area contributed by atoms with E-state index >= 15 is 0 Å². The van der Waals surface area contributed by atoms with Gasteiger partial charge in [0.1, 0.15) is 10.5 Å². The SMILES string of the molecule is CC(Cl)S(=O)(=O)c1cccc(Cc2cnc3cc(CN4CCNCC4)c(OC(F)(F)F)cc3c2)c1. The maximum atomic E-state index is 13.1. The van der Waals surface area contributed by atoms with Gasteiger partial charge < -0.3 is 10.1 Å². The van der Waals surface area contributed by atoms with E-state index in [1.807, 2.05) is 0 Å². The van der Waals surface area contributed by atoms with Crippen LogP contribution in [0.2, 0.25) is 0 Å². The molecule has 0 spiro atoms. The number of sulfone groups is 1. The van der Waals surface area contributed by atoms with Gasteiger partial charge in [-0.2, -0.15) is 0 Å². The smallest absolute Gasteiger partial charge is 0.405 e. The Balaban J connectivity index is 1.65. The molecule has 6 nitrogen and oxygen atoms in total. The molecule has 188 valence electrons. The molecule has 2 aromatic carbocycles. The fourth-order valence-electron chi connectivity index (χ4n) is 4.05. The summed E-state index contributed by atoms with van der Waals surface area (Å²) in [6, 6.07) is 11.2. The predicted octanol–water partition coefficient (Wildman–Crippen LogP) is 4.49. The average Bonchev–Trinajstić information content (AvgIpc) is 2.79. The molecule has 1 N–H and O–H groups in total. The highest BCUT2D eigenvalue weighted by Gasteiger charge is 2.32. The zero-order valence-electron chi connectivity index (χ0n) is 19.0. The second-order valence-corrected chi connectivity index (χ2v) is 11.7. The first-order chi connectivity index (χ1) is 16.5. The van der Waals surface area contributed by atoms with Crippen LogP contribution in [-0.2, 0) is 22.8 Å². The highest BCUT2D eigenvalue weighted by molar-refractivity contribution is 7.93. The van der Waals surface area contributed by atoms with E-state index in [4.69, 9.17) is 11.6 Å². The number of hydrogen-bond acceptors (Lipinski definition) is 6. The number of nitrogens with one attached hydrogen (secondary N) is 1. The lowest BCUT2D eigenvalue weighted by Crippen LogP contribution is -2.43. The Kier molecular flexibility index (Phi) is 7.56. The first-order valence-corrected chi connectivity index (χ1v) is 13.1. The van der Waals surface area contributed by atoms with Crippen molar-refractivity contribution in [3.63, 3.8) is 0 Å². The Hall–Kier alpha value is -2.40. The van der Waals surface area contributed by atoms with E-state index in [1.165, 1.54) is 19.1 Å². The number of pyridine rings is 1. The molecule has 1 aromatic heterocycles. The number of aromatic nitrogens is 1. The van der Waals surface area contributed by atoms with Crippen LogP contribution in [0.3, 0.4) is 0 Å². The van der Waals surface area contributed by atoms with Crippen LogP contribution >= 0.6 is 11.6 Å². The minimum atomic E-state index is -4.82. The Morgan fingerprint density at radius 2 is 1.89 bits per heavy atom. The highest BCUT2D eigenvalue weighted by atomic mass is 35.5. The van der Waals surface area contributed by atoms with Crippen molar-refractivity contribution in [1.82, 2.24) is 15.2 Å². The maximum absolute atomic E-state index is 13.1. The molecule has 0 saturated carbocycles. The van der Waals surface area contributed by atoms with Crippen molar-refractivity contribution in [2.75, 3.05) is 26.2 Å². The molecular formula is C24H25ClF3N3O3S. The lowest BCUT2D eigenvalue weighted by Gasteiger charge is -2.28. The molecule has 1 aliphatic rings. The fourth-order valence-corrected chi connectivity index (χ4v) is 5.32. The monoisotopic (exact) mass is 527 g/mol. The van der Waals surface area contributed by atoms with E-state index in [-0.39, 0.29) is 10.6 Å². The van der Waals surface area contributed by atoms with Crippen molar-refractivity contribution in [2.24, 2.45) is 0 Å². The molecule has 4 rings (SSSR count). The molecule has 1 aliphatic heterocycles. The number of nitrogens with zero attached hydrogens (tertiary/aromatic N) is 2. The molecule has 1 fully saturated rings. The first kappa shape index (κ1) is 25.7. The van der Waals surface area contributed by atoms with Crippen LogP contribution in [0.5, 0.6) is 5.75 Å². The number of halogens is 4. The summed E-state index contributed by atoms with van der Waals surface area (Å²) in [4.78, 5) is 6.64. The lowest BCUT2D eigenvalue weighted by atomic mass is 10.0. The Morgan fingerprint density at radius 1 is 1.14 bits per heavy atom. The first-order valence-electron chi connectivity index (χ1n) is 11.1. The lowest BCUT2D eigenvalue weighted by molar-refractivity contribution is -0.274. The third-order valence-electron chi connectivity index (χ3n) is 5.81. The second kappa shape index (κ2) is 10.3. The normalized spacial score (nSPS) is 16.4. The van der Waals surface area contributed by atoms with Crippen molar-refractivity contribution < 1.29 is 26.3 Å². The summed E-state index contributed by atoms with van der Waals surface area (Å²) < 4.78 is 67.5. The van der Waals surface area contributed by atoms with Crippen molar-refractivity contribution in [3.05, 3.63) is 65.4 Å². The molecule has 2 heterocycles. The van der Waals surface area contributed by atoms with Gasteiger partial charge in [-0.15, -0.1) is 24.8 Å². The van der Waals surface area contributed by atoms with Crippen molar-refractivity contribution in [1.29, 1.82) is 0 Å². The van der Waals surface area contributed by atoms with Gasteiger partial charge in [0.05, 0.1) is 10.4 Å². The quantitative estimate of drug-likeness (QED) is 0.457. The van der Waals surface area contributed by atoms with Crippen LogP contribution in [-0.4, -0.2) is 55.6 Å². The summed E-state index contributed by atoms with van der Waals surface area (Å²) in [5.41, 5.74) is 2.41. The van der Waals surface area contributed by atoms with E-state index in [0.29, 0.717) is 35.0 Å². The van der Waals surface area contributed by atoms with Crippen molar-refractivity contribution in [2.45, 2.75) is 35.9 Å². The maximum Gasteiger partial charge on any atom is 0.573 e. The van der Waals surface area contributed by atoms with E-state index in [2.05, 4.69) is 19.9 Å². The van der Waals surface area contributed by atoms with Crippen LogP contribution in [0.1, 0.15) is 23.6 Å². The third-order valence-corrected chi connectivity index (χ3v) is 8.28. The van der Waals surface area contributed by atoms with Gasteiger partial charge in [0, 0.05) is 49.9 Å². The van der Waals surface area contributed by atoms with Crippen molar-refractivity contribution in [3.8, 4) is 5.75 Å². The van der Waals surface area contributed by atoms with Gasteiger partial charge in [0.15, 0.2) is 9.84 Å². The molecule has 0 radical (unpaired) electrons. The van der Waals surface area contributed by atoms with Gasteiger partial charge in [0.25, 0.3) is 0 Å². The van der Waals surface area contributed by atoms with Gasteiger partial charge in [-0.1, -0.05) is 12.1 Å². The van der Waals surface area contributed by atoms with Crippen LogP contribution in [0.15, 0.2) is 53.6 Å². The molecular weight excluding hydrogens is 503 g/mol. The molecule has 1 saturated heterocycles. The molecule has 1 atom stereocenters. The average molecular weight is 528 g/mol. The molecule has 1 unspecified atom stereocenters. The number of ether oxygens (including phenoxy) is 1. The van der Waals surface area contributed by atoms with Crippen LogP contribution < -0.4 is 10.1 Å². The number of rotatable bonds is 7. The summed E-state index contributed by atoms with van der Waals surface area (Å²) in [6.45, 7) is 4.73. The standard InChI is InChI=1S/C24H25ClF3N3O3S/c1-16(25)35(32,33)21-4-2-3-17(11-21)9-18-10-19-13-23(34-24(26,27)28)20(12-22(19)30-14-18)15-31-7-5-29-6-8-31/h2-4,10-14,16,29H,5-9,15H2,1H3. The number of hydrogen-bond donors (Lipinski definition) is 1. The zero-order valence-corrected chi connectivity index (χ0v) is 20.6. The topological polar surface area (TPSA) is 71.5 Å². The largest absolute Gasteiger partial charge is 0.573 e. The molecule has 0 aliphatic carbocycles. The van der Waals surface area contributed by atoms with Gasteiger partial charge in [0.2, 0.25) is 0 Å². The van der Waals surface area contributed by atoms with E-state index < -0.39 is 20.9 Å². The summed E-state index contributed by atoms with van der Waals surface area (Å²) in [6.07, 6.45) is -2.82. The third kappa shape index (κ3) is 6.43. The minimum Gasteiger partial charge on any atom is -0.405 e. The molecule has 0 bridgehead atoms. The minimum absolute atomic E-state index is 0.115. The van der Waals surface area contributed by atoms with Gasteiger partial charge in [-0.25, -0.2) is 8.42 Å². The highest BCUT2D eigenvalue weighted by Crippen LogP contribution is 2.32. The Morgan fingerprint density at radius 3 is 2.57 bits per heavy atom. The predicted molar refractivity (Wildman–Crippen MR) is 128 cm³/mol. The summed E-state index contributed by atoms with van der Waals surface area (Å²) in [7, 11) is -3.65. The van der Waals surface area contributed by atoms with Crippen LogP contribution in [0, 0.1) is 0 Å². The number of fused-ring (bicyclic) bond motifs is 1. The van der Waals surface area contributed by atoms with E-state index in [9.17, 15) is 21.6 Å². The second-order valence-electron chi connectivity index (χ2n) is 8.48. The number of alkyl halides is 4. The van der Waals surface area contributed by atoms with Gasteiger partial charge in [-0.05, 0) is 54.8 Å². The fraction of sp³-hybridized carbons (Fsp3) is 0.375. The molecule has 0 amide bonds. The molecule has 35 heavy (non-hydrogen) atoms. The molecule has 11 heteroatoms. The number of benzene rings is 2. The summed E-state index contributed by atoms with van der Waals surface area (Å²) in [5.74, 6) is -0.244. The summed E-state index contributed by atoms with van der Waals surface area (Å²) in [5, 5.41) is 3.72. The van der Waals surface area contributed by atoms with E-state index in [0.717, 1.165) is 31.7 Å². The molecule has 3 aromatic rings. The van der Waals surface area contributed by atoms with Crippen molar-refractivity contribution >= 4 is 32.3 Å². The zero-order chi connectivity index (χ0) is 25.2. The number of piperazine rings is 1. The van der Waals surface area contributed by atoms with Gasteiger partial charge >= 0.3 is 6.36 Å². The Bertz CT molecular complexity index is 1310. The summed E-state index contributed by atoms with van der Waals surface area (Å²) >= 11 is 5.82. The van der Waals surface area contributed by atoms with Crippen LogP contribution in [0.4, 0.5) is 13.2 Å². The van der Waals surface area contributed by atoms with E-state index in [1.54, 1.807) is 36.5 Å². The van der Waals surface area contributed by atoms with Gasteiger partial charge in [-0.3, -0.25) is 9.88 Å².